The third-order valence-electron chi connectivity index (χ3n) is 1.76. The van der Waals surface area contributed by atoms with E-state index in [1.165, 1.54) is 0 Å². The van der Waals surface area contributed by atoms with E-state index in [0.717, 1.165) is 0 Å². The van der Waals surface area contributed by atoms with Gasteiger partial charge in [0.05, 0.1) is 0 Å². The minimum absolute atomic E-state index is 0.0339. The molecule has 1 rings (SSSR count). The summed E-state index contributed by atoms with van der Waals surface area (Å²) in [5, 5.41) is 17.6. The van der Waals surface area contributed by atoms with E-state index in [1.807, 2.05) is 12.2 Å². The van der Waals surface area contributed by atoms with Crippen LogP contribution in [-0.4, -0.2) is 29.5 Å². The molecule has 0 amide bonds. The second-order valence-corrected chi connectivity index (χ2v) is 11.8. The Morgan fingerprint density at radius 3 is 2.86 bits per heavy atom. The van der Waals surface area contributed by atoms with Gasteiger partial charge in [0.1, 0.15) is 0 Å². The molecule has 6 heteroatoms. The molecule has 3 nitrogen and oxygen atoms in total. The quantitative estimate of drug-likeness (QED) is 0.808. The Morgan fingerprint density at radius 2 is 2.29 bits per heavy atom. The zero-order valence-electron chi connectivity index (χ0n) is 7.36. The van der Waals surface area contributed by atoms with Gasteiger partial charge in [-0.25, -0.2) is 0 Å². The summed E-state index contributed by atoms with van der Waals surface area (Å²) in [6.07, 6.45) is 4.70. The van der Waals surface area contributed by atoms with Crippen molar-refractivity contribution in [1.29, 1.82) is 0 Å². The van der Waals surface area contributed by atoms with E-state index in [-0.39, 0.29) is 16.8 Å². The Balaban J connectivity index is 2.38. The van der Waals surface area contributed by atoms with E-state index in [2.05, 4.69) is 0 Å². The monoisotopic (exact) mass is 315 g/mol. The number of ether oxygens (including phenoxy) is 1. The molecule has 0 spiro atoms. The first-order valence-electron chi connectivity index (χ1n) is 4.13. The molecule has 0 aromatic rings. The summed E-state index contributed by atoms with van der Waals surface area (Å²) in [6.45, 7) is -0.233. The van der Waals surface area contributed by atoms with Gasteiger partial charge < -0.3 is 0 Å². The molecule has 1 aliphatic rings. The van der Waals surface area contributed by atoms with Crippen LogP contribution in [0.1, 0.15) is 0 Å². The zero-order valence-corrected chi connectivity index (χ0v) is 11.3. The topological polar surface area (TPSA) is 49.7 Å². The second kappa shape index (κ2) is 6.29. The molecule has 0 saturated carbocycles. The van der Waals surface area contributed by atoms with E-state index < -0.39 is 25.5 Å². The second-order valence-electron chi connectivity index (χ2n) is 2.87. The maximum atomic E-state index is 9.07. The average molecular weight is 317 g/mol. The first kappa shape index (κ1) is 12.7. The van der Waals surface area contributed by atoms with Crippen molar-refractivity contribution in [2.45, 2.75) is 9.73 Å². The number of aliphatic hydroxyl groups is 2. The zero-order chi connectivity index (χ0) is 10.6. The molecule has 2 unspecified atom stereocenters. The molecule has 0 fully saturated rings. The molecule has 0 saturated heterocycles. The van der Waals surface area contributed by atoms with Gasteiger partial charge in [0, 0.05) is 0 Å². The first-order chi connectivity index (χ1) is 6.65. The minimum atomic E-state index is -2.36. The van der Waals surface area contributed by atoms with Gasteiger partial charge in [0.15, 0.2) is 0 Å². The van der Waals surface area contributed by atoms with Gasteiger partial charge >= 0.3 is 98.3 Å². The van der Waals surface area contributed by atoms with Crippen LogP contribution in [0, 0.1) is 0 Å². The van der Waals surface area contributed by atoms with Crippen molar-refractivity contribution < 1.29 is 34.3 Å². The molecule has 0 aromatic heterocycles. The molecule has 1 aliphatic carbocycles. The van der Waals surface area contributed by atoms with Crippen molar-refractivity contribution in [3.05, 3.63) is 24.0 Å². The molecule has 2 atom stereocenters. The molecule has 0 aliphatic heterocycles. The Labute approximate surface area is 97.7 Å². The van der Waals surface area contributed by atoms with E-state index in [9.17, 15) is 0 Å². The van der Waals surface area contributed by atoms with Crippen molar-refractivity contribution in [3.63, 3.8) is 0 Å². The fourth-order valence-electron chi connectivity index (χ4n) is 1.02. The van der Waals surface area contributed by atoms with E-state index in [4.69, 9.17) is 32.0 Å². The molecular weight excluding hydrogens is 306 g/mol. The van der Waals surface area contributed by atoms with Crippen molar-refractivity contribution in [2.24, 2.45) is 0 Å². The molecule has 79 valence electrons. The van der Waals surface area contributed by atoms with Crippen molar-refractivity contribution in [3.8, 4) is 0 Å². The van der Waals surface area contributed by atoms with Gasteiger partial charge in [-0.05, 0) is 0 Å². The fraction of sp³-hybridized carbons (Fsp3) is 0.500. The summed E-state index contributed by atoms with van der Waals surface area (Å²) in [7, 11) is 11.8. The molecule has 2 N–H and O–H groups in total. The summed E-state index contributed by atoms with van der Waals surface area (Å²) in [4.78, 5) is 0. The predicted octanol–water partition coefficient (Wildman–Crippen LogP) is 1.52. The summed E-state index contributed by atoms with van der Waals surface area (Å²) >= 11 is -2.36. The Morgan fingerprint density at radius 1 is 1.57 bits per heavy atom. The predicted molar refractivity (Wildman–Crippen MR) is 51.7 cm³/mol. The van der Waals surface area contributed by atoms with E-state index in [1.54, 1.807) is 6.08 Å². The van der Waals surface area contributed by atoms with Gasteiger partial charge in [-0.15, -0.1) is 0 Å². The first-order valence-corrected chi connectivity index (χ1v) is 11.9. The summed E-state index contributed by atoms with van der Waals surface area (Å²) in [6, 6.07) is 0. The van der Waals surface area contributed by atoms with Crippen LogP contribution in [0.25, 0.3) is 0 Å². The van der Waals surface area contributed by atoms with Crippen LogP contribution in [0.2, 0.25) is 3.63 Å². The van der Waals surface area contributed by atoms with Gasteiger partial charge in [0.2, 0.25) is 0 Å². The standard InChI is InChI=1S/C8H11O3.2ClH.Zr/c9-5-7(10)6-11-8-3-1-2-4-8;;;/h1-4,7,9-10H,5-6H2;2*1H;/q;;;+2/p-2. The molecule has 0 bridgehead atoms. The molecule has 0 radical (unpaired) electrons. The van der Waals surface area contributed by atoms with Crippen LogP contribution in [0.4, 0.5) is 0 Å². The number of aliphatic hydroxyl groups excluding tert-OH is 2. The van der Waals surface area contributed by atoms with Crippen LogP contribution >= 0.6 is 17.0 Å². The summed E-state index contributed by atoms with van der Waals surface area (Å²) < 4.78 is 5.33. The van der Waals surface area contributed by atoms with Crippen molar-refractivity contribution >= 4 is 17.0 Å². The third kappa shape index (κ3) is 3.67. The molecular formula is C8H11Cl2O3Zr. The third-order valence-corrected chi connectivity index (χ3v) is 6.87. The normalized spacial score (nSPS) is 22.0. The number of halogens is 2. The Hall–Kier alpha value is 0.663. The number of rotatable bonds is 5. The molecule has 0 aromatic carbocycles. The Kier molecular flexibility index (Phi) is 5.72. The summed E-state index contributed by atoms with van der Waals surface area (Å²) in [5.74, 6) is 0.705. The van der Waals surface area contributed by atoms with Gasteiger partial charge in [0.25, 0.3) is 0 Å². The number of allylic oxidation sites excluding steroid dienone is 3. The van der Waals surface area contributed by atoms with E-state index >= 15 is 0 Å². The molecule has 14 heavy (non-hydrogen) atoms. The number of hydrogen-bond acceptors (Lipinski definition) is 3. The van der Waals surface area contributed by atoms with E-state index in [0.29, 0.717) is 5.76 Å². The van der Waals surface area contributed by atoms with Crippen molar-refractivity contribution in [1.82, 2.24) is 0 Å². The van der Waals surface area contributed by atoms with Gasteiger partial charge in [-0.3, -0.25) is 0 Å². The molecule has 0 heterocycles. The van der Waals surface area contributed by atoms with Crippen LogP contribution in [0.3, 0.4) is 0 Å². The summed E-state index contributed by atoms with van der Waals surface area (Å²) in [5.41, 5.74) is 0. The van der Waals surface area contributed by atoms with Crippen LogP contribution in [-0.2, 0) is 24.1 Å². The fourth-order valence-corrected chi connectivity index (χ4v) is 4.76. The van der Waals surface area contributed by atoms with Crippen LogP contribution in [0.5, 0.6) is 0 Å². The van der Waals surface area contributed by atoms with Gasteiger partial charge in [-0.2, -0.15) is 0 Å². The SMILES string of the molecule is OCC(O)COC1=CC=C[CH]1[Zr]([Cl])[Cl]. The van der Waals surface area contributed by atoms with Crippen molar-refractivity contribution in [2.75, 3.05) is 13.2 Å². The average Bonchev–Trinajstić information content (AvgIpc) is 2.62. The maximum absolute atomic E-state index is 9.07. The van der Waals surface area contributed by atoms with Crippen LogP contribution in [0.15, 0.2) is 24.0 Å². The van der Waals surface area contributed by atoms with Gasteiger partial charge in [-0.1, -0.05) is 0 Å². The number of hydrogen-bond donors (Lipinski definition) is 2. The van der Waals surface area contributed by atoms with Crippen LogP contribution < -0.4 is 0 Å². The Bertz CT molecular complexity index is 243.